The number of ether oxygens (including phenoxy) is 2. The average molecular weight is 264 g/mol. The third-order valence-electron chi connectivity index (χ3n) is 3.03. The van der Waals surface area contributed by atoms with Gasteiger partial charge in [-0.3, -0.25) is 9.78 Å². The molecule has 19 heavy (non-hydrogen) atoms. The Morgan fingerprint density at radius 2 is 2.47 bits per heavy atom. The van der Waals surface area contributed by atoms with Gasteiger partial charge in [-0.1, -0.05) is 6.07 Å². The Morgan fingerprint density at radius 1 is 1.53 bits per heavy atom. The zero-order valence-corrected chi connectivity index (χ0v) is 11.0. The summed E-state index contributed by atoms with van der Waals surface area (Å²) in [6.07, 6.45) is 3.52. The molecule has 1 aromatic rings. The number of carbonyl (C=O) groups excluding carboxylic acids is 1. The Morgan fingerprint density at radius 3 is 3.21 bits per heavy atom. The fourth-order valence-electron chi connectivity index (χ4n) is 1.93. The number of pyridine rings is 1. The minimum atomic E-state index is -0.134. The van der Waals surface area contributed by atoms with Crippen molar-refractivity contribution in [3.63, 3.8) is 0 Å². The number of nitrogens with one attached hydrogen (secondary N) is 1. The van der Waals surface area contributed by atoms with Crippen molar-refractivity contribution in [3.8, 4) is 0 Å². The molecule has 2 heterocycles. The average Bonchev–Trinajstić information content (AvgIpc) is 2.96. The largest absolute Gasteiger partial charge is 0.381 e. The van der Waals surface area contributed by atoms with Crippen LogP contribution in [0.1, 0.15) is 23.3 Å². The monoisotopic (exact) mass is 264 g/mol. The molecular weight excluding hydrogens is 244 g/mol. The summed E-state index contributed by atoms with van der Waals surface area (Å²) in [5, 5.41) is 2.82. The van der Waals surface area contributed by atoms with Gasteiger partial charge in [0.15, 0.2) is 0 Å². The van der Waals surface area contributed by atoms with Crippen molar-refractivity contribution in [2.24, 2.45) is 5.92 Å². The molecule has 1 aliphatic rings. The molecule has 0 unspecified atom stereocenters. The van der Waals surface area contributed by atoms with Crippen molar-refractivity contribution in [2.45, 2.75) is 12.8 Å². The highest BCUT2D eigenvalue weighted by Crippen LogP contribution is 2.12. The predicted octanol–water partition coefficient (Wildman–Crippen LogP) is 1.25. The van der Waals surface area contributed by atoms with Gasteiger partial charge in [0, 0.05) is 31.9 Å². The second-order valence-electron chi connectivity index (χ2n) is 4.63. The second-order valence-corrected chi connectivity index (χ2v) is 4.63. The van der Waals surface area contributed by atoms with E-state index in [4.69, 9.17) is 9.47 Å². The molecule has 1 fully saturated rings. The van der Waals surface area contributed by atoms with Crippen molar-refractivity contribution in [2.75, 3.05) is 33.0 Å². The van der Waals surface area contributed by atoms with Gasteiger partial charge in [0.25, 0.3) is 5.91 Å². The summed E-state index contributed by atoms with van der Waals surface area (Å²) in [4.78, 5) is 15.6. The minimum absolute atomic E-state index is 0.134. The maximum absolute atomic E-state index is 11.7. The maximum Gasteiger partial charge on any atom is 0.269 e. The molecule has 5 heteroatoms. The van der Waals surface area contributed by atoms with Crippen LogP contribution in [0.2, 0.25) is 0 Å². The van der Waals surface area contributed by atoms with Crippen LogP contribution in [0.15, 0.2) is 24.4 Å². The lowest BCUT2D eigenvalue weighted by atomic mass is 10.1. The number of aromatic nitrogens is 1. The van der Waals surface area contributed by atoms with Gasteiger partial charge in [0.05, 0.1) is 13.2 Å². The topological polar surface area (TPSA) is 60.5 Å². The molecule has 1 saturated heterocycles. The van der Waals surface area contributed by atoms with E-state index in [1.807, 2.05) is 0 Å². The van der Waals surface area contributed by atoms with E-state index in [-0.39, 0.29) is 5.91 Å². The highest BCUT2D eigenvalue weighted by Gasteiger charge is 2.15. The normalized spacial score (nSPS) is 18.4. The summed E-state index contributed by atoms with van der Waals surface area (Å²) in [5.41, 5.74) is 0.450. The highest BCUT2D eigenvalue weighted by atomic mass is 16.5. The molecule has 1 atom stereocenters. The molecule has 1 N–H and O–H groups in total. The van der Waals surface area contributed by atoms with E-state index < -0.39 is 0 Å². The van der Waals surface area contributed by atoms with Gasteiger partial charge in [0.1, 0.15) is 5.69 Å². The van der Waals surface area contributed by atoms with E-state index in [0.29, 0.717) is 24.8 Å². The van der Waals surface area contributed by atoms with Crippen molar-refractivity contribution in [1.82, 2.24) is 10.3 Å². The van der Waals surface area contributed by atoms with Crippen LogP contribution in [0.4, 0.5) is 0 Å². The summed E-state index contributed by atoms with van der Waals surface area (Å²) in [6.45, 7) is 3.70. The van der Waals surface area contributed by atoms with Crippen LogP contribution in [0.3, 0.4) is 0 Å². The van der Waals surface area contributed by atoms with Gasteiger partial charge in [-0.05, 0) is 25.0 Å². The SMILES string of the molecule is O=C(NCCCOC[C@H]1CCOC1)c1ccccn1. The third kappa shape index (κ3) is 4.96. The van der Waals surface area contributed by atoms with Crippen LogP contribution in [0.5, 0.6) is 0 Å². The molecule has 0 bridgehead atoms. The van der Waals surface area contributed by atoms with Crippen LogP contribution < -0.4 is 5.32 Å². The van der Waals surface area contributed by atoms with E-state index in [0.717, 1.165) is 32.7 Å². The highest BCUT2D eigenvalue weighted by molar-refractivity contribution is 5.92. The molecule has 0 aromatic carbocycles. The van der Waals surface area contributed by atoms with Crippen LogP contribution in [-0.2, 0) is 9.47 Å². The molecule has 104 valence electrons. The first-order chi connectivity index (χ1) is 9.36. The van der Waals surface area contributed by atoms with E-state index >= 15 is 0 Å². The molecule has 0 aliphatic carbocycles. The molecular formula is C14H20N2O3. The smallest absolute Gasteiger partial charge is 0.269 e. The molecule has 0 radical (unpaired) electrons. The molecule has 1 aromatic heterocycles. The lowest BCUT2D eigenvalue weighted by Gasteiger charge is -2.09. The van der Waals surface area contributed by atoms with E-state index in [1.54, 1.807) is 24.4 Å². The van der Waals surface area contributed by atoms with Crippen LogP contribution in [-0.4, -0.2) is 43.9 Å². The number of amides is 1. The Hall–Kier alpha value is -1.46. The van der Waals surface area contributed by atoms with Crippen molar-refractivity contribution < 1.29 is 14.3 Å². The van der Waals surface area contributed by atoms with Crippen molar-refractivity contribution >= 4 is 5.91 Å². The quantitative estimate of drug-likeness (QED) is 0.753. The Kier molecular flexibility index (Phi) is 5.78. The lowest BCUT2D eigenvalue weighted by Crippen LogP contribution is -2.26. The summed E-state index contributed by atoms with van der Waals surface area (Å²) in [7, 11) is 0. The van der Waals surface area contributed by atoms with Crippen molar-refractivity contribution in [3.05, 3.63) is 30.1 Å². The first kappa shape index (κ1) is 14.0. The molecule has 0 spiro atoms. The Labute approximate surface area is 113 Å². The van der Waals surface area contributed by atoms with Crippen LogP contribution >= 0.6 is 0 Å². The fourth-order valence-corrected chi connectivity index (χ4v) is 1.93. The van der Waals surface area contributed by atoms with Crippen molar-refractivity contribution in [1.29, 1.82) is 0 Å². The molecule has 1 aliphatic heterocycles. The molecule has 0 saturated carbocycles. The number of nitrogens with zero attached hydrogens (tertiary/aromatic N) is 1. The minimum Gasteiger partial charge on any atom is -0.381 e. The first-order valence-electron chi connectivity index (χ1n) is 6.71. The Balaban J connectivity index is 1.51. The lowest BCUT2D eigenvalue weighted by molar-refractivity contribution is 0.0852. The number of rotatable bonds is 7. The number of carbonyl (C=O) groups is 1. The summed E-state index contributed by atoms with van der Waals surface area (Å²) < 4.78 is 10.8. The van der Waals surface area contributed by atoms with Gasteiger partial charge in [-0.25, -0.2) is 0 Å². The van der Waals surface area contributed by atoms with Gasteiger partial charge in [0.2, 0.25) is 0 Å². The zero-order valence-electron chi connectivity index (χ0n) is 11.0. The van der Waals surface area contributed by atoms with Gasteiger partial charge in [-0.2, -0.15) is 0 Å². The molecule has 2 rings (SSSR count). The van der Waals surface area contributed by atoms with Gasteiger partial charge < -0.3 is 14.8 Å². The summed E-state index contributed by atoms with van der Waals surface area (Å²) >= 11 is 0. The second kappa shape index (κ2) is 7.86. The molecule has 5 nitrogen and oxygen atoms in total. The van der Waals surface area contributed by atoms with E-state index in [1.165, 1.54) is 0 Å². The predicted molar refractivity (Wildman–Crippen MR) is 70.9 cm³/mol. The zero-order chi connectivity index (χ0) is 13.3. The third-order valence-corrected chi connectivity index (χ3v) is 3.03. The van der Waals surface area contributed by atoms with E-state index in [2.05, 4.69) is 10.3 Å². The number of hydrogen-bond donors (Lipinski definition) is 1. The maximum atomic E-state index is 11.7. The molecule has 1 amide bonds. The first-order valence-corrected chi connectivity index (χ1v) is 6.71. The summed E-state index contributed by atoms with van der Waals surface area (Å²) in [6, 6.07) is 5.29. The standard InChI is InChI=1S/C14H20N2O3/c17-14(13-4-1-2-6-15-13)16-7-3-8-18-10-12-5-9-19-11-12/h1-2,4,6,12H,3,5,7-11H2,(H,16,17)/t12-/m1/s1. The number of hydrogen-bond acceptors (Lipinski definition) is 4. The van der Waals surface area contributed by atoms with Gasteiger partial charge in [-0.15, -0.1) is 0 Å². The van der Waals surface area contributed by atoms with Gasteiger partial charge >= 0.3 is 0 Å². The van der Waals surface area contributed by atoms with E-state index in [9.17, 15) is 4.79 Å². The van der Waals surface area contributed by atoms with Crippen LogP contribution in [0.25, 0.3) is 0 Å². The Bertz CT molecular complexity index is 378. The summed E-state index contributed by atoms with van der Waals surface area (Å²) in [5.74, 6) is 0.410. The van der Waals surface area contributed by atoms with Crippen LogP contribution in [0, 0.1) is 5.92 Å². The fraction of sp³-hybridized carbons (Fsp3) is 0.571.